The minimum atomic E-state index is -0.624. The summed E-state index contributed by atoms with van der Waals surface area (Å²) in [5.41, 5.74) is 2.56. The second-order valence-corrected chi connectivity index (χ2v) is 6.21. The van der Waals surface area contributed by atoms with E-state index in [2.05, 4.69) is 48.6 Å². The van der Waals surface area contributed by atoms with Crippen LogP contribution in [0.25, 0.3) is 0 Å². The summed E-state index contributed by atoms with van der Waals surface area (Å²) in [6.45, 7) is 1.85. The summed E-state index contributed by atoms with van der Waals surface area (Å²) >= 11 is 0. The van der Waals surface area contributed by atoms with Crippen LogP contribution < -0.4 is 10.2 Å². The highest BCUT2D eigenvalue weighted by Gasteiger charge is 2.25. The van der Waals surface area contributed by atoms with Gasteiger partial charge < -0.3 is 15.3 Å². The molecule has 1 aliphatic carbocycles. The molecule has 2 N–H and O–H groups in total. The van der Waals surface area contributed by atoms with E-state index >= 15 is 0 Å². The molecule has 1 saturated carbocycles. The van der Waals surface area contributed by atoms with Crippen molar-refractivity contribution < 1.29 is 9.90 Å². The molecular weight excluding hydrogens is 264 g/mol. The van der Waals surface area contributed by atoms with Crippen molar-refractivity contribution in [2.24, 2.45) is 11.8 Å². The molecule has 1 aromatic carbocycles. The van der Waals surface area contributed by atoms with Crippen LogP contribution in [0.2, 0.25) is 0 Å². The first kappa shape index (κ1) is 15.8. The molecule has 0 radical (unpaired) electrons. The Morgan fingerprint density at radius 1 is 1.24 bits per heavy atom. The lowest BCUT2D eigenvalue weighted by Gasteiger charge is -2.26. The molecule has 0 saturated heterocycles. The first-order chi connectivity index (χ1) is 10.1. The maximum atomic E-state index is 10.9. The predicted octanol–water partition coefficient (Wildman–Crippen LogP) is 2.73. The standard InChI is InChI=1S/C17H26N2O2/c1-19(2)16-6-4-3-5-15(16)12-18-11-13-7-9-14(10-8-13)17(20)21/h3-6,13-14,18H,7-12H2,1-2H3,(H,20,21). The third kappa shape index (κ3) is 4.46. The van der Waals surface area contributed by atoms with Crippen molar-refractivity contribution in [1.82, 2.24) is 5.32 Å². The Bertz CT molecular complexity index is 466. The van der Waals surface area contributed by atoms with Gasteiger partial charge in [0.2, 0.25) is 0 Å². The monoisotopic (exact) mass is 290 g/mol. The lowest BCUT2D eigenvalue weighted by molar-refractivity contribution is -0.143. The summed E-state index contributed by atoms with van der Waals surface area (Å²) in [6.07, 6.45) is 3.71. The number of anilines is 1. The van der Waals surface area contributed by atoms with Crippen LogP contribution in [0.3, 0.4) is 0 Å². The molecule has 1 aliphatic rings. The Labute approximate surface area is 127 Å². The fraction of sp³-hybridized carbons (Fsp3) is 0.588. The number of carboxylic acid groups (broad SMARTS) is 1. The Morgan fingerprint density at radius 3 is 2.52 bits per heavy atom. The van der Waals surface area contributed by atoms with Crippen molar-refractivity contribution in [3.63, 3.8) is 0 Å². The van der Waals surface area contributed by atoms with Crippen LogP contribution in [-0.4, -0.2) is 31.7 Å². The summed E-state index contributed by atoms with van der Waals surface area (Å²) in [4.78, 5) is 13.1. The second-order valence-electron chi connectivity index (χ2n) is 6.21. The fourth-order valence-corrected chi connectivity index (χ4v) is 3.12. The van der Waals surface area contributed by atoms with Gasteiger partial charge >= 0.3 is 5.97 Å². The van der Waals surface area contributed by atoms with Crippen LogP contribution in [0.1, 0.15) is 31.2 Å². The van der Waals surface area contributed by atoms with E-state index in [1.807, 2.05) is 0 Å². The highest BCUT2D eigenvalue weighted by Crippen LogP contribution is 2.28. The minimum absolute atomic E-state index is 0.115. The zero-order valence-electron chi connectivity index (χ0n) is 13.0. The van der Waals surface area contributed by atoms with Gasteiger partial charge in [0.25, 0.3) is 0 Å². The normalized spacial score (nSPS) is 22.0. The molecule has 21 heavy (non-hydrogen) atoms. The fourth-order valence-electron chi connectivity index (χ4n) is 3.12. The largest absolute Gasteiger partial charge is 0.481 e. The van der Waals surface area contributed by atoms with Gasteiger partial charge in [0.15, 0.2) is 0 Å². The van der Waals surface area contributed by atoms with Gasteiger partial charge in [0.1, 0.15) is 0 Å². The average Bonchev–Trinajstić information content (AvgIpc) is 2.48. The summed E-state index contributed by atoms with van der Waals surface area (Å²) in [5, 5.41) is 12.5. The van der Waals surface area contributed by atoms with Gasteiger partial charge in [0, 0.05) is 26.3 Å². The molecule has 0 unspecified atom stereocenters. The maximum absolute atomic E-state index is 10.9. The van der Waals surface area contributed by atoms with E-state index < -0.39 is 5.97 Å². The zero-order chi connectivity index (χ0) is 15.2. The van der Waals surface area contributed by atoms with E-state index in [1.54, 1.807) is 0 Å². The maximum Gasteiger partial charge on any atom is 0.306 e. The SMILES string of the molecule is CN(C)c1ccccc1CNCC1CCC(C(=O)O)CC1. The summed E-state index contributed by atoms with van der Waals surface area (Å²) in [7, 11) is 4.12. The molecule has 2 rings (SSSR count). The van der Waals surface area contributed by atoms with Crippen molar-refractivity contribution in [3.8, 4) is 0 Å². The summed E-state index contributed by atoms with van der Waals surface area (Å²) in [5.74, 6) is -0.121. The van der Waals surface area contributed by atoms with Crippen LogP contribution in [0.4, 0.5) is 5.69 Å². The number of nitrogens with one attached hydrogen (secondary N) is 1. The van der Waals surface area contributed by atoms with Crippen molar-refractivity contribution in [1.29, 1.82) is 0 Å². The van der Waals surface area contributed by atoms with Crippen molar-refractivity contribution in [2.45, 2.75) is 32.2 Å². The third-order valence-corrected chi connectivity index (χ3v) is 4.42. The van der Waals surface area contributed by atoms with E-state index in [0.29, 0.717) is 5.92 Å². The molecule has 0 spiro atoms. The molecule has 4 heteroatoms. The Balaban J connectivity index is 1.77. The van der Waals surface area contributed by atoms with Crippen LogP contribution in [0, 0.1) is 11.8 Å². The molecule has 116 valence electrons. The van der Waals surface area contributed by atoms with Crippen molar-refractivity contribution >= 4 is 11.7 Å². The van der Waals surface area contributed by atoms with Gasteiger partial charge in [-0.1, -0.05) is 18.2 Å². The molecule has 4 nitrogen and oxygen atoms in total. The number of carbonyl (C=O) groups is 1. The van der Waals surface area contributed by atoms with Crippen molar-refractivity contribution in [2.75, 3.05) is 25.5 Å². The van der Waals surface area contributed by atoms with Crippen LogP contribution in [0.15, 0.2) is 24.3 Å². The topological polar surface area (TPSA) is 52.6 Å². The van der Waals surface area contributed by atoms with E-state index in [9.17, 15) is 4.79 Å². The Hall–Kier alpha value is -1.55. The first-order valence-corrected chi connectivity index (χ1v) is 7.76. The van der Waals surface area contributed by atoms with Gasteiger partial charge in [-0.05, 0) is 49.8 Å². The Kier molecular flexibility index (Phi) is 5.62. The quantitative estimate of drug-likeness (QED) is 0.846. The smallest absolute Gasteiger partial charge is 0.306 e. The average molecular weight is 290 g/mol. The molecule has 0 bridgehead atoms. The number of aliphatic carboxylic acids is 1. The summed E-state index contributed by atoms with van der Waals surface area (Å²) < 4.78 is 0. The highest BCUT2D eigenvalue weighted by molar-refractivity contribution is 5.69. The molecule has 1 aromatic rings. The van der Waals surface area contributed by atoms with E-state index in [0.717, 1.165) is 38.8 Å². The van der Waals surface area contributed by atoms with Crippen LogP contribution >= 0.6 is 0 Å². The van der Waals surface area contributed by atoms with Gasteiger partial charge in [-0.15, -0.1) is 0 Å². The molecule has 0 aromatic heterocycles. The van der Waals surface area contributed by atoms with E-state index in [-0.39, 0.29) is 5.92 Å². The molecular formula is C17H26N2O2. The van der Waals surface area contributed by atoms with Gasteiger partial charge in [-0.2, -0.15) is 0 Å². The number of hydrogen-bond donors (Lipinski definition) is 2. The highest BCUT2D eigenvalue weighted by atomic mass is 16.4. The van der Waals surface area contributed by atoms with Gasteiger partial charge in [-0.3, -0.25) is 4.79 Å². The van der Waals surface area contributed by atoms with E-state index in [1.165, 1.54) is 11.3 Å². The number of rotatable bonds is 6. The molecule has 0 aliphatic heterocycles. The molecule has 0 amide bonds. The first-order valence-electron chi connectivity index (χ1n) is 7.76. The van der Waals surface area contributed by atoms with Crippen molar-refractivity contribution in [3.05, 3.63) is 29.8 Å². The van der Waals surface area contributed by atoms with Crippen LogP contribution in [-0.2, 0) is 11.3 Å². The summed E-state index contributed by atoms with van der Waals surface area (Å²) in [6, 6.07) is 8.42. The second kappa shape index (κ2) is 7.46. The number of carboxylic acids is 1. The van der Waals surface area contributed by atoms with Gasteiger partial charge in [-0.25, -0.2) is 0 Å². The third-order valence-electron chi connectivity index (χ3n) is 4.42. The molecule has 1 fully saturated rings. The zero-order valence-corrected chi connectivity index (χ0v) is 13.0. The molecule has 0 atom stereocenters. The number of para-hydroxylation sites is 1. The number of nitrogens with zero attached hydrogens (tertiary/aromatic N) is 1. The lowest BCUT2D eigenvalue weighted by Crippen LogP contribution is -2.28. The minimum Gasteiger partial charge on any atom is -0.481 e. The van der Waals surface area contributed by atoms with Gasteiger partial charge in [0.05, 0.1) is 5.92 Å². The number of benzene rings is 1. The number of hydrogen-bond acceptors (Lipinski definition) is 3. The van der Waals surface area contributed by atoms with E-state index in [4.69, 9.17) is 5.11 Å². The van der Waals surface area contributed by atoms with Crippen LogP contribution in [0.5, 0.6) is 0 Å². The predicted molar refractivity (Wildman–Crippen MR) is 85.6 cm³/mol. The molecule has 0 heterocycles. The lowest BCUT2D eigenvalue weighted by atomic mass is 9.82. The Morgan fingerprint density at radius 2 is 1.90 bits per heavy atom.